The van der Waals surface area contributed by atoms with Crippen LogP contribution < -0.4 is 5.32 Å². The molecule has 1 saturated carbocycles. The van der Waals surface area contributed by atoms with Crippen molar-refractivity contribution < 1.29 is 9.53 Å². The molecule has 2 atom stereocenters. The maximum atomic E-state index is 12.2. The van der Waals surface area contributed by atoms with Crippen LogP contribution in [0.15, 0.2) is 24.3 Å². The fourth-order valence-electron chi connectivity index (χ4n) is 4.54. The predicted molar refractivity (Wildman–Crippen MR) is 101 cm³/mol. The lowest BCUT2D eigenvalue weighted by molar-refractivity contribution is -0.122. The van der Waals surface area contributed by atoms with E-state index in [-0.39, 0.29) is 5.91 Å². The number of carbonyl (C=O) groups is 1. The SMILES string of the molecule is CO[C@@H]1CCC[C@]12CCCN(CCC(=O)NCc1ccc(Cl)cc1)C2. The molecule has 1 aromatic rings. The zero-order valence-corrected chi connectivity index (χ0v) is 15.9. The Hall–Kier alpha value is -1.10. The van der Waals surface area contributed by atoms with Crippen LogP contribution in [0, 0.1) is 5.41 Å². The molecular weight excluding hydrogens is 336 g/mol. The number of hydrogen-bond acceptors (Lipinski definition) is 3. The zero-order chi connectivity index (χ0) is 17.7. The number of rotatable bonds is 6. The molecular formula is C20H29ClN2O2. The van der Waals surface area contributed by atoms with Gasteiger partial charge in [0.1, 0.15) is 0 Å². The van der Waals surface area contributed by atoms with Crippen LogP contribution in [-0.2, 0) is 16.1 Å². The first kappa shape index (κ1) is 18.7. The molecule has 0 aromatic heterocycles. The summed E-state index contributed by atoms with van der Waals surface area (Å²) in [6.07, 6.45) is 7.16. The van der Waals surface area contributed by atoms with Crippen molar-refractivity contribution in [2.75, 3.05) is 26.7 Å². The smallest absolute Gasteiger partial charge is 0.221 e. The first-order valence-electron chi connectivity index (χ1n) is 9.38. The average Bonchev–Trinajstić information content (AvgIpc) is 3.01. The van der Waals surface area contributed by atoms with Crippen molar-refractivity contribution in [3.05, 3.63) is 34.9 Å². The van der Waals surface area contributed by atoms with Crippen LogP contribution >= 0.6 is 11.6 Å². The summed E-state index contributed by atoms with van der Waals surface area (Å²) in [5, 5.41) is 3.72. The molecule has 0 radical (unpaired) electrons. The molecule has 2 aliphatic rings. The standard InChI is InChI=1S/C20H29ClN2O2/c1-25-18-4-2-10-20(18)11-3-12-23(15-20)13-9-19(24)22-14-16-5-7-17(21)8-6-16/h5-8,18H,2-4,9-15H2,1H3,(H,22,24)/t18-,20-/m1/s1. The second kappa shape index (κ2) is 8.52. The molecule has 1 heterocycles. The van der Waals surface area contributed by atoms with E-state index in [9.17, 15) is 4.79 Å². The first-order valence-corrected chi connectivity index (χ1v) is 9.75. The molecule has 5 heteroatoms. The van der Waals surface area contributed by atoms with Gasteiger partial charge in [-0.1, -0.05) is 30.2 Å². The summed E-state index contributed by atoms with van der Waals surface area (Å²) < 4.78 is 5.76. The number of ether oxygens (including phenoxy) is 1. The number of hydrogen-bond donors (Lipinski definition) is 1. The van der Waals surface area contributed by atoms with Gasteiger partial charge in [0.05, 0.1) is 6.10 Å². The van der Waals surface area contributed by atoms with Gasteiger partial charge in [0.15, 0.2) is 0 Å². The van der Waals surface area contributed by atoms with Gasteiger partial charge in [0.25, 0.3) is 0 Å². The molecule has 0 unspecified atom stereocenters. The molecule has 1 aliphatic carbocycles. The lowest BCUT2D eigenvalue weighted by Gasteiger charge is -2.43. The van der Waals surface area contributed by atoms with E-state index >= 15 is 0 Å². The second-order valence-corrected chi connectivity index (χ2v) is 7.95. The van der Waals surface area contributed by atoms with Gasteiger partial charge in [-0.2, -0.15) is 0 Å². The third-order valence-electron chi connectivity index (χ3n) is 5.85. The average molecular weight is 365 g/mol. The van der Waals surface area contributed by atoms with Gasteiger partial charge in [-0.15, -0.1) is 0 Å². The molecule has 0 bridgehead atoms. The fourth-order valence-corrected chi connectivity index (χ4v) is 4.67. The predicted octanol–water partition coefficient (Wildman–Crippen LogP) is 3.63. The Morgan fingerprint density at radius 3 is 2.84 bits per heavy atom. The first-order chi connectivity index (χ1) is 12.1. The van der Waals surface area contributed by atoms with Crippen LogP contribution in [0.5, 0.6) is 0 Å². The summed E-state index contributed by atoms with van der Waals surface area (Å²) in [6, 6.07) is 7.60. The number of benzene rings is 1. The normalized spacial score (nSPS) is 26.9. The van der Waals surface area contributed by atoms with Gasteiger partial charge in [0.2, 0.25) is 5.91 Å². The molecule has 1 aromatic carbocycles. The van der Waals surface area contributed by atoms with Crippen LogP contribution in [0.2, 0.25) is 5.02 Å². The Morgan fingerprint density at radius 1 is 1.32 bits per heavy atom. The van der Waals surface area contributed by atoms with E-state index in [0.717, 1.165) is 30.2 Å². The van der Waals surface area contributed by atoms with E-state index in [4.69, 9.17) is 16.3 Å². The summed E-state index contributed by atoms with van der Waals surface area (Å²) in [4.78, 5) is 14.6. The van der Waals surface area contributed by atoms with E-state index in [2.05, 4.69) is 10.2 Å². The van der Waals surface area contributed by atoms with Gasteiger partial charge in [-0.3, -0.25) is 4.79 Å². The van der Waals surface area contributed by atoms with Crippen LogP contribution in [0.4, 0.5) is 0 Å². The highest BCUT2D eigenvalue weighted by molar-refractivity contribution is 6.30. The maximum Gasteiger partial charge on any atom is 0.221 e. The van der Waals surface area contributed by atoms with Crippen molar-refractivity contribution in [2.24, 2.45) is 5.41 Å². The molecule has 1 spiro atoms. The zero-order valence-electron chi connectivity index (χ0n) is 15.1. The topological polar surface area (TPSA) is 41.6 Å². The minimum Gasteiger partial charge on any atom is -0.381 e. The van der Waals surface area contributed by atoms with Crippen molar-refractivity contribution >= 4 is 17.5 Å². The number of methoxy groups -OCH3 is 1. The number of amides is 1. The quantitative estimate of drug-likeness (QED) is 0.838. The minimum absolute atomic E-state index is 0.115. The molecule has 1 N–H and O–H groups in total. The fraction of sp³-hybridized carbons (Fsp3) is 0.650. The molecule has 2 fully saturated rings. The van der Waals surface area contributed by atoms with Crippen LogP contribution in [0.1, 0.15) is 44.1 Å². The van der Waals surface area contributed by atoms with Gasteiger partial charge in [0, 0.05) is 43.6 Å². The number of piperidine rings is 1. The molecule has 3 rings (SSSR count). The number of nitrogens with zero attached hydrogens (tertiary/aromatic N) is 1. The molecule has 1 amide bonds. The third kappa shape index (κ3) is 4.75. The van der Waals surface area contributed by atoms with Gasteiger partial charge in [-0.25, -0.2) is 0 Å². The summed E-state index contributed by atoms with van der Waals surface area (Å²) in [6.45, 7) is 3.58. The van der Waals surface area contributed by atoms with Crippen LogP contribution in [0.25, 0.3) is 0 Å². The highest BCUT2D eigenvalue weighted by Crippen LogP contribution is 2.46. The van der Waals surface area contributed by atoms with E-state index in [0.29, 0.717) is 24.5 Å². The summed E-state index contributed by atoms with van der Waals surface area (Å²) in [5.74, 6) is 0.115. The number of nitrogens with one attached hydrogen (secondary N) is 1. The third-order valence-corrected chi connectivity index (χ3v) is 6.11. The monoisotopic (exact) mass is 364 g/mol. The van der Waals surface area contributed by atoms with Crippen molar-refractivity contribution in [3.8, 4) is 0 Å². The van der Waals surface area contributed by atoms with E-state index in [1.165, 1.54) is 32.1 Å². The molecule has 1 saturated heterocycles. The highest BCUT2D eigenvalue weighted by atomic mass is 35.5. The highest BCUT2D eigenvalue weighted by Gasteiger charge is 2.45. The Balaban J connectivity index is 1.43. The van der Waals surface area contributed by atoms with Crippen molar-refractivity contribution in [2.45, 2.75) is 51.2 Å². The molecule has 25 heavy (non-hydrogen) atoms. The van der Waals surface area contributed by atoms with Crippen molar-refractivity contribution in [1.29, 1.82) is 0 Å². The Morgan fingerprint density at radius 2 is 2.08 bits per heavy atom. The van der Waals surface area contributed by atoms with Gasteiger partial charge in [-0.05, 0) is 49.9 Å². The maximum absolute atomic E-state index is 12.2. The Labute approximate surface area is 155 Å². The van der Waals surface area contributed by atoms with E-state index in [1.807, 2.05) is 31.4 Å². The minimum atomic E-state index is 0.115. The number of carbonyl (C=O) groups excluding carboxylic acids is 1. The van der Waals surface area contributed by atoms with Gasteiger partial charge < -0.3 is 15.0 Å². The molecule has 1 aliphatic heterocycles. The lowest BCUT2D eigenvalue weighted by atomic mass is 9.76. The Kier molecular flexibility index (Phi) is 6.37. The van der Waals surface area contributed by atoms with Crippen molar-refractivity contribution in [3.63, 3.8) is 0 Å². The van der Waals surface area contributed by atoms with Crippen molar-refractivity contribution in [1.82, 2.24) is 10.2 Å². The largest absolute Gasteiger partial charge is 0.381 e. The Bertz CT molecular complexity index is 578. The second-order valence-electron chi connectivity index (χ2n) is 7.51. The summed E-state index contributed by atoms with van der Waals surface area (Å²) in [5.41, 5.74) is 1.40. The van der Waals surface area contributed by atoms with Crippen LogP contribution in [-0.4, -0.2) is 43.7 Å². The number of likely N-dealkylation sites (tertiary alicyclic amines) is 1. The number of halogens is 1. The molecule has 138 valence electrons. The van der Waals surface area contributed by atoms with Crippen LogP contribution in [0.3, 0.4) is 0 Å². The molecule has 4 nitrogen and oxygen atoms in total. The van der Waals surface area contributed by atoms with E-state index < -0.39 is 0 Å². The van der Waals surface area contributed by atoms with E-state index in [1.54, 1.807) is 0 Å². The van der Waals surface area contributed by atoms with Gasteiger partial charge >= 0.3 is 0 Å². The summed E-state index contributed by atoms with van der Waals surface area (Å²) >= 11 is 5.88. The summed E-state index contributed by atoms with van der Waals surface area (Å²) in [7, 11) is 1.85. The lowest BCUT2D eigenvalue weighted by Crippen LogP contribution is -2.48.